The monoisotopic (exact) mass is 311 g/mol. The summed E-state index contributed by atoms with van der Waals surface area (Å²) in [6, 6.07) is 4.74. The molecule has 2 heterocycles. The molecule has 1 unspecified atom stereocenters. The maximum absolute atomic E-state index is 12.4. The van der Waals surface area contributed by atoms with E-state index in [2.05, 4.69) is 10.0 Å². The molecule has 2 aromatic rings. The van der Waals surface area contributed by atoms with Crippen molar-refractivity contribution in [1.82, 2.24) is 14.6 Å². The van der Waals surface area contributed by atoms with Crippen LogP contribution in [-0.4, -0.2) is 19.5 Å². The number of hydrogen-bond acceptors (Lipinski definition) is 4. The lowest BCUT2D eigenvalue weighted by molar-refractivity contribution is 0.459. The molecule has 0 aliphatic heterocycles. The standard InChI is InChI=1S/C14H21N3O3S/c1-4-15-9-12-8-13(10-17(12)3)21(18,19)16-11(2)14-6-5-7-20-14/h5-8,10-11,15-16H,4,9H2,1-3H3. The highest BCUT2D eigenvalue weighted by Gasteiger charge is 2.21. The van der Waals surface area contributed by atoms with Crippen molar-refractivity contribution in [3.63, 3.8) is 0 Å². The van der Waals surface area contributed by atoms with Crippen molar-refractivity contribution in [2.24, 2.45) is 7.05 Å². The van der Waals surface area contributed by atoms with Crippen LogP contribution in [-0.2, 0) is 23.6 Å². The molecule has 2 aromatic heterocycles. The summed E-state index contributed by atoms with van der Waals surface area (Å²) in [5.41, 5.74) is 0.919. The van der Waals surface area contributed by atoms with E-state index in [1.54, 1.807) is 31.3 Å². The lowest BCUT2D eigenvalue weighted by Gasteiger charge is -2.10. The molecule has 0 aliphatic carbocycles. The summed E-state index contributed by atoms with van der Waals surface area (Å²) >= 11 is 0. The number of furan rings is 1. The number of rotatable bonds is 7. The zero-order valence-electron chi connectivity index (χ0n) is 12.5. The molecule has 0 spiro atoms. The number of nitrogens with one attached hydrogen (secondary N) is 2. The predicted molar refractivity (Wildman–Crippen MR) is 80.2 cm³/mol. The van der Waals surface area contributed by atoms with Crippen molar-refractivity contribution in [1.29, 1.82) is 0 Å². The zero-order valence-corrected chi connectivity index (χ0v) is 13.3. The average Bonchev–Trinajstić information content (AvgIpc) is 3.05. The van der Waals surface area contributed by atoms with Crippen molar-refractivity contribution in [2.75, 3.05) is 6.54 Å². The molecule has 0 fully saturated rings. The van der Waals surface area contributed by atoms with Gasteiger partial charge in [-0.15, -0.1) is 0 Å². The highest BCUT2D eigenvalue weighted by atomic mass is 32.2. The fraction of sp³-hybridized carbons (Fsp3) is 0.429. The van der Waals surface area contributed by atoms with Crippen LogP contribution in [0, 0.1) is 0 Å². The van der Waals surface area contributed by atoms with Gasteiger partial charge in [-0.25, -0.2) is 13.1 Å². The summed E-state index contributed by atoms with van der Waals surface area (Å²) in [6.45, 7) is 5.23. The highest BCUT2D eigenvalue weighted by Crippen LogP contribution is 2.18. The molecule has 0 amide bonds. The van der Waals surface area contributed by atoms with Crippen LogP contribution in [0.5, 0.6) is 0 Å². The average molecular weight is 311 g/mol. The molecule has 116 valence electrons. The van der Waals surface area contributed by atoms with Gasteiger partial charge in [0, 0.05) is 25.5 Å². The van der Waals surface area contributed by atoms with E-state index in [9.17, 15) is 8.42 Å². The molecule has 0 aliphatic rings. The Morgan fingerprint density at radius 1 is 1.43 bits per heavy atom. The molecule has 0 bridgehead atoms. The Kier molecular flexibility index (Phi) is 4.87. The summed E-state index contributed by atoms with van der Waals surface area (Å²) in [5.74, 6) is 0.586. The van der Waals surface area contributed by atoms with Crippen LogP contribution in [0.1, 0.15) is 31.3 Å². The predicted octanol–water partition coefficient (Wildman–Crippen LogP) is 1.77. The Bertz CT molecular complexity index is 674. The Morgan fingerprint density at radius 2 is 2.19 bits per heavy atom. The normalized spacial score (nSPS) is 13.5. The first kappa shape index (κ1) is 15.8. The Morgan fingerprint density at radius 3 is 2.81 bits per heavy atom. The van der Waals surface area contributed by atoms with Crippen LogP contribution in [0.4, 0.5) is 0 Å². The number of aromatic nitrogens is 1. The fourth-order valence-corrected chi connectivity index (χ4v) is 3.36. The molecule has 7 heteroatoms. The molecule has 0 saturated heterocycles. The first-order chi connectivity index (χ1) is 9.94. The van der Waals surface area contributed by atoms with Gasteiger partial charge in [0.2, 0.25) is 10.0 Å². The third-order valence-corrected chi connectivity index (χ3v) is 4.76. The quantitative estimate of drug-likeness (QED) is 0.817. The van der Waals surface area contributed by atoms with Gasteiger partial charge in [-0.05, 0) is 31.7 Å². The van der Waals surface area contributed by atoms with E-state index in [0.717, 1.165) is 12.2 Å². The van der Waals surface area contributed by atoms with Crippen LogP contribution in [0.2, 0.25) is 0 Å². The third kappa shape index (κ3) is 3.75. The maximum atomic E-state index is 12.4. The van der Waals surface area contributed by atoms with Crippen LogP contribution in [0.25, 0.3) is 0 Å². The minimum Gasteiger partial charge on any atom is -0.468 e. The SMILES string of the molecule is CCNCc1cc(S(=O)(=O)NC(C)c2ccco2)cn1C. The van der Waals surface area contributed by atoms with Crippen molar-refractivity contribution in [2.45, 2.75) is 31.3 Å². The minimum atomic E-state index is -3.57. The summed E-state index contributed by atoms with van der Waals surface area (Å²) in [6.07, 6.45) is 3.14. The van der Waals surface area contributed by atoms with Gasteiger partial charge in [-0.2, -0.15) is 0 Å². The van der Waals surface area contributed by atoms with E-state index in [0.29, 0.717) is 12.3 Å². The summed E-state index contributed by atoms with van der Waals surface area (Å²) in [5, 5.41) is 3.18. The molecular weight excluding hydrogens is 290 g/mol. The topological polar surface area (TPSA) is 76.3 Å². The van der Waals surface area contributed by atoms with Gasteiger partial charge >= 0.3 is 0 Å². The lowest BCUT2D eigenvalue weighted by Crippen LogP contribution is -2.26. The summed E-state index contributed by atoms with van der Waals surface area (Å²) in [7, 11) is -1.74. The molecule has 1 atom stereocenters. The van der Waals surface area contributed by atoms with E-state index in [1.165, 1.54) is 6.26 Å². The molecule has 0 aromatic carbocycles. The second-order valence-electron chi connectivity index (χ2n) is 4.92. The van der Waals surface area contributed by atoms with Gasteiger partial charge < -0.3 is 14.3 Å². The van der Waals surface area contributed by atoms with Crippen LogP contribution >= 0.6 is 0 Å². The van der Waals surface area contributed by atoms with Gasteiger partial charge in [-0.1, -0.05) is 6.92 Å². The van der Waals surface area contributed by atoms with Gasteiger partial charge in [-0.3, -0.25) is 0 Å². The van der Waals surface area contributed by atoms with Crippen LogP contribution in [0.15, 0.2) is 40.0 Å². The van der Waals surface area contributed by atoms with E-state index in [1.807, 2.05) is 18.5 Å². The van der Waals surface area contributed by atoms with E-state index in [-0.39, 0.29) is 4.90 Å². The summed E-state index contributed by atoms with van der Waals surface area (Å²) < 4.78 is 34.4. The number of hydrogen-bond donors (Lipinski definition) is 2. The van der Waals surface area contributed by atoms with E-state index >= 15 is 0 Å². The van der Waals surface area contributed by atoms with Crippen LogP contribution in [0.3, 0.4) is 0 Å². The number of nitrogens with zero attached hydrogens (tertiary/aromatic N) is 1. The first-order valence-electron chi connectivity index (χ1n) is 6.85. The third-order valence-electron chi connectivity index (χ3n) is 3.25. The van der Waals surface area contributed by atoms with Gasteiger partial charge in [0.05, 0.1) is 17.2 Å². The molecule has 21 heavy (non-hydrogen) atoms. The zero-order chi connectivity index (χ0) is 15.5. The largest absolute Gasteiger partial charge is 0.468 e. The van der Waals surface area contributed by atoms with E-state index in [4.69, 9.17) is 4.42 Å². The van der Waals surface area contributed by atoms with Gasteiger partial charge in [0.25, 0.3) is 0 Å². The van der Waals surface area contributed by atoms with Crippen molar-refractivity contribution < 1.29 is 12.8 Å². The van der Waals surface area contributed by atoms with Gasteiger partial charge in [0.1, 0.15) is 5.76 Å². The molecule has 6 nitrogen and oxygen atoms in total. The molecule has 0 saturated carbocycles. The summed E-state index contributed by atoms with van der Waals surface area (Å²) in [4.78, 5) is 0.260. The Labute approximate surface area is 125 Å². The second kappa shape index (κ2) is 6.46. The minimum absolute atomic E-state index is 0.260. The fourth-order valence-electron chi connectivity index (χ4n) is 2.05. The smallest absolute Gasteiger partial charge is 0.242 e. The molecular formula is C14H21N3O3S. The molecule has 2 N–H and O–H groups in total. The van der Waals surface area contributed by atoms with Crippen LogP contribution < -0.4 is 10.0 Å². The lowest BCUT2D eigenvalue weighted by atomic mass is 10.3. The van der Waals surface area contributed by atoms with Crippen molar-refractivity contribution in [3.8, 4) is 0 Å². The van der Waals surface area contributed by atoms with Crippen molar-refractivity contribution >= 4 is 10.0 Å². The molecule has 2 rings (SSSR count). The number of sulfonamides is 1. The van der Waals surface area contributed by atoms with E-state index < -0.39 is 16.1 Å². The number of aryl methyl sites for hydroxylation is 1. The first-order valence-corrected chi connectivity index (χ1v) is 8.34. The Hall–Kier alpha value is -1.57. The molecule has 0 radical (unpaired) electrons. The maximum Gasteiger partial charge on any atom is 0.242 e. The highest BCUT2D eigenvalue weighted by molar-refractivity contribution is 7.89. The van der Waals surface area contributed by atoms with Crippen molar-refractivity contribution in [3.05, 3.63) is 42.1 Å². The second-order valence-corrected chi connectivity index (χ2v) is 6.63. The Balaban J connectivity index is 2.16. The van der Waals surface area contributed by atoms with Gasteiger partial charge in [0.15, 0.2) is 0 Å².